The van der Waals surface area contributed by atoms with Gasteiger partial charge in [-0.05, 0) is 11.6 Å². The molecule has 0 saturated carbocycles. The first-order chi connectivity index (χ1) is 7.72. The maximum Gasteiger partial charge on any atom is 0.143 e. The van der Waals surface area contributed by atoms with Crippen LogP contribution in [-0.4, -0.2) is 14.8 Å². The monoisotopic (exact) mass is 283 g/mol. The fourth-order valence-electron chi connectivity index (χ4n) is 1.48. The molecule has 84 valence electrons. The van der Waals surface area contributed by atoms with Gasteiger partial charge in [0, 0.05) is 13.5 Å². The Morgan fingerprint density at radius 1 is 1.25 bits per heavy atom. The van der Waals surface area contributed by atoms with Crippen molar-refractivity contribution in [2.24, 2.45) is 7.05 Å². The number of hydrogen-bond donors (Lipinski definition) is 0. The minimum atomic E-state index is -0.203. The van der Waals surface area contributed by atoms with Gasteiger partial charge in [0.1, 0.15) is 17.5 Å². The molecule has 0 aliphatic heterocycles. The quantitative estimate of drug-likeness (QED) is 0.810. The third kappa shape index (κ3) is 2.14. The van der Waals surface area contributed by atoms with E-state index in [0.29, 0.717) is 17.3 Å². The lowest BCUT2D eigenvalue weighted by Gasteiger charge is -2.03. The highest BCUT2D eigenvalue weighted by molar-refractivity contribution is 9.08. The Balaban J connectivity index is 2.27. The van der Waals surface area contributed by atoms with Crippen molar-refractivity contribution in [2.75, 3.05) is 0 Å². The van der Waals surface area contributed by atoms with E-state index in [0.717, 1.165) is 11.6 Å². The van der Waals surface area contributed by atoms with Crippen molar-refractivity contribution in [3.63, 3.8) is 0 Å². The lowest BCUT2D eigenvalue weighted by Crippen LogP contribution is -2.03. The van der Waals surface area contributed by atoms with Crippen LogP contribution in [0, 0.1) is 5.82 Å². The van der Waals surface area contributed by atoms with Gasteiger partial charge in [0.05, 0.1) is 5.33 Å². The van der Waals surface area contributed by atoms with E-state index in [1.54, 1.807) is 12.1 Å². The zero-order valence-electron chi connectivity index (χ0n) is 8.82. The highest BCUT2D eigenvalue weighted by Gasteiger charge is 2.10. The van der Waals surface area contributed by atoms with Crippen LogP contribution in [0.3, 0.4) is 0 Å². The van der Waals surface area contributed by atoms with E-state index in [9.17, 15) is 4.39 Å². The number of nitrogens with zero attached hydrogens (tertiary/aromatic N) is 3. The molecule has 0 unspecified atom stereocenters. The Morgan fingerprint density at radius 3 is 2.56 bits per heavy atom. The summed E-state index contributed by atoms with van der Waals surface area (Å²) < 4.78 is 15.3. The molecule has 5 heteroatoms. The van der Waals surface area contributed by atoms with Crippen LogP contribution >= 0.6 is 15.9 Å². The minimum absolute atomic E-state index is 0.203. The van der Waals surface area contributed by atoms with Gasteiger partial charge in [-0.1, -0.05) is 34.1 Å². The molecule has 1 aromatic heterocycles. The van der Waals surface area contributed by atoms with E-state index in [4.69, 9.17) is 0 Å². The van der Waals surface area contributed by atoms with Crippen LogP contribution in [-0.2, 0) is 18.8 Å². The molecule has 2 rings (SSSR count). The highest BCUT2D eigenvalue weighted by atomic mass is 79.9. The third-order valence-corrected chi connectivity index (χ3v) is 2.98. The van der Waals surface area contributed by atoms with Crippen molar-refractivity contribution in [1.82, 2.24) is 14.8 Å². The molecular formula is C11H11BrFN3. The molecule has 0 aliphatic rings. The summed E-state index contributed by atoms with van der Waals surface area (Å²) in [7, 11) is 1.88. The largest absolute Gasteiger partial charge is 0.317 e. The van der Waals surface area contributed by atoms with E-state index in [1.807, 2.05) is 17.7 Å². The Hall–Kier alpha value is -1.23. The summed E-state index contributed by atoms with van der Waals surface area (Å²) in [6.45, 7) is 0. The first kappa shape index (κ1) is 11.3. The molecule has 0 aliphatic carbocycles. The summed E-state index contributed by atoms with van der Waals surface area (Å²) in [5, 5.41) is 8.69. The van der Waals surface area contributed by atoms with Gasteiger partial charge < -0.3 is 4.57 Å². The van der Waals surface area contributed by atoms with Crippen molar-refractivity contribution in [3.8, 4) is 0 Å². The standard InChI is InChI=1S/C11H11BrFN3/c1-16-10(14-15-11(16)7-12)6-8-4-2-3-5-9(8)13/h2-5H,6-7H2,1H3. The second-order valence-corrected chi connectivity index (χ2v) is 4.05. The first-order valence-electron chi connectivity index (χ1n) is 4.89. The van der Waals surface area contributed by atoms with Crippen LogP contribution in [0.15, 0.2) is 24.3 Å². The maximum atomic E-state index is 13.4. The molecule has 2 aromatic rings. The maximum absolute atomic E-state index is 13.4. The fourth-order valence-corrected chi connectivity index (χ4v) is 1.97. The van der Waals surface area contributed by atoms with Crippen molar-refractivity contribution in [1.29, 1.82) is 0 Å². The van der Waals surface area contributed by atoms with Crippen LogP contribution < -0.4 is 0 Å². The summed E-state index contributed by atoms with van der Waals surface area (Å²) in [6, 6.07) is 6.72. The molecule has 0 bridgehead atoms. The van der Waals surface area contributed by atoms with Gasteiger partial charge in [0.25, 0.3) is 0 Å². The van der Waals surface area contributed by atoms with Gasteiger partial charge in [0.2, 0.25) is 0 Å². The molecule has 0 atom stereocenters. The van der Waals surface area contributed by atoms with Crippen molar-refractivity contribution < 1.29 is 4.39 Å². The van der Waals surface area contributed by atoms with Gasteiger partial charge in [0.15, 0.2) is 0 Å². The SMILES string of the molecule is Cn1c(CBr)nnc1Cc1ccccc1F. The van der Waals surface area contributed by atoms with Crippen LogP contribution in [0.1, 0.15) is 17.2 Å². The average Bonchev–Trinajstić information content (AvgIpc) is 2.63. The molecule has 0 spiro atoms. The summed E-state index contributed by atoms with van der Waals surface area (Å²) in [6.07, 6.45) is 0.461. The van der Waals surface area contributed by atoms with E-state index in [1.165, 1.54) is 6.07 Å². The van der Waals surface area contributed by atoms with Gasteiger partial charge in [-0.25, -0.2) is 4.39 Å². The zero-order valence-corrected chi connectivity index (χ0v) is 10.4. The molecule has 16 heavy (non-hydrogen) atoms. The second kappa shape index (κ2) is 4.74. The molecule has 0 fully saturated rings. The lowest BCUT2D eigenvalue weighted by molar-refractivity contribution is 0.610. The molecular weight excluding hydrogens is 273 g/mol. The molecule has 1 aromatic carbocycles. The fraction of sp³-hybridized carbons (Fsp3) is 0.273. The normalized spacial score (nSPS) is 10.7. The molecule has 0 saturated heterocycles. The van der Waals surface area contributed by atoms with Gasteiger partial charge in [-0.2, -0.15) is 0 Å². The lowest BCUT2D eigenvalue weighted by atomic mass is 10.1. The number of alkyl halides is 1. The van der Waals surface area contributed by atoms with Gasteiger partial charge in [-0.15, -0.1) is 10.2 Å². The molecule has 1 heterocycles. The molecule has 0 N–H and O–H groups in total. The van der Waals surface area contributed by atoms with E-state index in [-0.39, 0.29) is 5.82 Å². The second-order valence-electron chi connectivity index (χ2n) is 3.49. The predicted molar refractivity (Wildman–Crippen MR) is 62.8 cm³/mol. The Bertz CT molecular complexity index is 496. The van der Waals surface area contributed by atoms with E-state index >= 15 is 0 Å². The third-order valence-electron chi connectivity index (χ3n) is 2.48. The van der Waals surface area contributed by atoms with Crippen molar-refractivity contribution >= 4 is 15.9 Å². The number of hydrogen-bond acceptors (Lipinski definition) is 2. The number of aromatic nitrogens is 3. The Morgan fingerprint density at radius 2 is 1.94 bits per heavy atom. The Labute approximate surface area is 101 Å². The summed E-state index contributed by atoms with van der Waals surface area (Å²) >= 11 is 3.32. The minimum Gasteiger partial charge on any atom is -0.317 e. The summed E-state index contributed by atoms with van der Waals surface area (Å²) in [5.41, 5.74) is 0.638. The molecule has 0 amide bonds. The van der Waals surface area contributed by atoms with E-state index in [2.05, 4.69) is 26.1 Å². The number of halogens is 2. The summed E-state index contributed by atoms with van der Waals surface area (Å²) in [4.78, 5) is 0. The van der Waals surface area contributed by atoms with Crippen LogP contribution in [0.5, 0.6) is 0 Å². The van der Waals surface area contributed by atoms with Crippen LogP contribution in [0.2, 0.25) is 0 Å². The van der Waals surface area contributed by atoms with Crippen molar-refractivity contribution in [3.05, 3.63) is 47.3 Å². The average molecular weight is 284 g/mol. The summed E-state index contributed by atoms with van der Waals surface area (Å²) in [5.74, 6) is 1.40. The van der Waals surface area contributed by atoms with Crippen LogP contribution in [0.4, 0.5) is 4.39 Å². The van der Waals surface area contributed by atoms with Crippen LogP contribution in [0.25, 0.3) is 0 Å². The number of rotatable bonds is 3. The zero-order chi connectivity index (χ0) is 11.5. The highest BCUT2D eigenvalue weighted by Crippen LogP contribution is 2.12. The topological polar surface area (TPSA) is 30.7 Å². The van der Waals surface area contributed by atoms with Crippen molar-refractivity contribution in [2.45, 2.75) is 11.8 Å². The molecule has 0 radical (unpaired) electrons. The number of benzene rings is 1. The smallest absolute Gasteiger partial charge is 0.143 e. The van der Waals surface area contributed by atoms with Gasteiger partial charge >= 0.3 is 0 Å². The molecule has 3 nitrogen and oxygen atoms in total. The first-order valence-corrected chi connectivity index (χ1v) is 6.01. The van der Waals surface area contributed by atoms with E-state index < -0.39 is 0 Å². The predicted octanol–water partition coefficient (Wildman–Crippen LogP) is 2.44. The van der Waals surface area contributed by atoms with Gasteiger partial charge in [-0.3, -0.25) is 0 Å². The Kier molecular flexibility index (Phi) is 3.33.